The summed E-state index contributed by atoms with van der Waals surface area (Å²) in [4.78, 5) is 2.45. The monoisotopic (exact) mass is 589 g/mol. The van der Waals surface area contributed by atoms with E-state index < -0.39 is 21.4 Å². The predicted octanol–water partition coefficient (Wildman–Crippen LogP) is 6.74. The smallest absolute Gasteiger partial charge is 0.261 e. The van der Waals surface area contributed by atoms with E-state index in [9.17, 15) is 17.9 Å². The number of nitrogens with zero attached hydrogens (tertiary/aromatic N) is 1. The van der Waals surface area contributed by atoms with Crippen LogP contribution >= 0.6 is 0 Å². The third-order valence-corrected chi connectivity index (χ3v) is 9.37. The molecule has 1 aliphatic heterocycles. The minimum atomic E-state index is -3.95. The Hall–Kier alpha value is -3.46. The van der Waals surface area contributed by atoms with Crippen molar-refractivity contribution in [3.05, 3.63) is 113 Å². The van der Waals surface area contributed by atoms with Gasteiger partial charge in [-0.15, -0.1) is 0 Å². The standard InChI is InChI=1S/C34H40FN3O3S/c1-34(2,39)29-13-10-26(11-14-29)23-38-20-18-27-21-31(16-12-28(27)24-38)42(40,41)37-33-17-15-30(22-32(33)35)36-19-6-9-25-7-4-3-5-8-25/h3-5,7,10-17,21-22,25,36-37,39H,6,8-9,18-20,23-24H2,1-2H3. The highest BCUT2D eigenvalue weighted by molar-refractivity contribution is 7.92. The summed E-state index contributed by atoms with van der Waals surface area (Å²) in [5.74, 6) is -0.0649. The molecule has 1 aliphatic carbocycles. The molecular formula is C34H40FN3O3S. The lowest BCUT2D eigenvalue weighted by atomic mass is 9.96. The van der Waals surface area contributed by atoms with E-state index in [2.05, 4.69) is 39.2 Å². The zero-order chi connectivity index (χ0) is 29.7. The molecule has 6 nitrogen and oxygen atoms in total. The predicted molar refractivity (Wildman–Crippen MR) is 167 cm³/mol. The van der Waals surface area contributed by atoms with E-state index in [0.29, 0.717) is 18.2 Å². The van der Waals surface area contributed by atoms with Crippen LogP contribution in [0.5, 0.6) is 0 Å². The molecule has 0 fully saturated rings. The molecule has 3 N–H and O–H groups in total. The van der Waals surface area contributed by atoms with Crippen molar-refractivity contribution < 1.29 is 17.9 Å². The average Bonchev–Trinajstić information content (AvgIpc) is 2.97. The highest BCUT2D eigenvalue weighted by Gasteiger charge is 2.22. The van der Waals surface area contributed by atoms with Gasteiger partial charge in [-0.1, -0.05) is 54.6 Å². The number of benzene rings is 3. The van der Waals surface area contributed by atoms with Crippen LogP contribution in [0.2, 0.25) is 0 Å². The minimum absolute atomic E-state index is 0.0702. The highest BCUT2D eigenvalue weighted by Crippen LogP contribution is 2.27. The van der Waals surface area contributed by atoms with Crippen LogP contribution in [0, 0.1) is 11.7 Å². The summed E-state index contributed by atoms with van der Waals surface area (Å²) in [6.45, 7) is 6.55. The maximum Gasteiger partial charge on any atom is 0.261 e. The molecule has 0 saturated carbocycles. The van der Waals surface area contributed by atoms with Crippen molar-refractivity contribution in [2.45, 2.75) is 63.1 Å². The van der Waals surface area contributed by atoms with Crippen molar-refractivity contribution in [3.63, 3.8) is 0 Å². The molecule has 0 bridgehead atoms. The normalized spacial score (nSPS) is 17.2. The number of allylic oxidation sites excluding steroid dienone is 4. The van der Waals surface area contributed by atoms with Gasteiger partial charge in [0.05, 0.1) is 16.2 Å². The number of aliphatic hydroxyl groups is 1. The van der Waals surface area contributed by atoms with Crippen molar-refractivity contribution in [1.29, 1.82) is 0 Å². The van der Waals surface area contributed by atoms with Crippen molar-refractivity contribution in [3.8, 4) is 0 Å². The Morgan fingerprint density at radius 1 is 1.02 bits per heavy atom. The van der Waals surface area contributed by atoms with Gasteiger partial charge in [0.2, 0.25) is 0 Å². The lowest BCUT2D eigenvalue weighted by Crippen LogP contribution is -2.30. The fourth-order valence-electron chi connectivity index (χ4n) is 5.52. The van der Waals surface area contributed by atoms with Gasteiger partial charge in [0.15, 0.2) is 0 Å². The van der Waals surface area contributed by atoms with Gasteiger partial charge in [-0.2, -0.15) is 0 Å². The fraction of sp³-hybridized carbons (Fsp3) is 0.353. The average molecular weight is 590 g/mol. The van der Waals surface area contributed by atoms with Gasteiger partial charge in [-0.05, 0) is 98.0 Å². The molecule has 0 spiro atoms. The van der Waals surface area contributed by atoms with Gasteiger partial charge in [0.1, 0.15) is 5.82 Å². The first kappa shape index (κ1) is 30.0. The molecular weight excluding hydrogens is 549 g/mol. The molecule has 0 radical (unpaired) electrons. The summed E-state index contributed by atoms with van der Waals surface area (Å²) in [6.07, 6.45) is 12.3. The molecule has 3 aromatic rings. The second-order valence-electron chi connectivity index (χ2n) is 11.8. The Balaban J connectivity index is 1.16. The molecule has 42 heavy (non-hydrogen) atoms. The van der Waals surface area contributed by atoms with Gasteiger partial charge in [-0.25, -0.2) is 12.8 Å². The van der Waals surface area contributed by atoms with Crippen molar-refractivity contribution >= 4 is 21.4 Å². The van der Waals surface area contributed by atoms with Crippen molar-refractivity contribution in [2.75, 3.05) is 23.1 Å². The van der Waals surface area contributed by atoms with Crippen LogP contribution in [-0.4, -0.2) is 31.5 Å². The number of nitrogens with one attached hydrogen (secondary N) is 2. The topological polar surface area (TPSA) is 81.7 Å². The number of anilines is 2. The Bertz CT molecular complexity index is 1560. The van der Waals surface area contributed by atoms with Crippen LogP contribution < -0.4 is 10.0 Å². The maximum atomic E-state index is 14.9. The van der Waals surface area contributed by atoms with E-state index in [1.54, 1.807) is 32.0 Å². The second kappa shape index (κ2) is 12.8. The zero-order valence-electron chi connectivity index (χ0n) is 24.3. The zero-order valence-corrected chi connectivity index (χ0v) is 25.1. The quantitative estimate of drug-likeness (QED) is 0.216. The summed E-state index contributed by atoms with van der Waals surface area (Å²) in [7, 11) is -3.95. The van der Waals surface area contributed by atoms with E-state index in [4.69, 9.17) is 0 Å². The SMILES string of the molecule is CC(C)(O)c1ccc(CN2CCc3cc(S(=O)(=O)Nc4ccc(NCCCC5C=CC=CC5)cc4F)ccc3C2)cc1. The van der Waals surface area contributed by atoms with E-state index >= 15 is 0 Å². The Labute approximate surface area is 249 Å². The largest absolute Gasteiger partial charge is 0.386 e. The Kier molecular flexibility index (Phi) is 9.16. The molecule has 0 amide bonds. The second-order valence-corrected chi connectivity index (χ2v) is 13.5. The minimum Gasteiger partial charge on any atom is -0.386 e. The first-order valence-corrected chi connectivity index (χ1v) is 16.1. The molecule has 2 aliphatic rings. The molecule has 1 atom stereocenters. The van der Waals surface area contributed by atoms with Crippen LogP contribution in [0.1, 0.15) is 55.4 Å². The third-order valence-electron chi connectivity index (χ3n) is 8.01. The van der Waals surface area contributed by atoms with Crippen molar-refractivity contribution in [2.24, 2.45) is 5.92 Å². The van der Waals surface area contributed by atoms with E-state index in [-0.39, 0.29) is 10.6 Å². The number of rotatable bonds is 11. The number of sulfonamides is 1. The first-order valence-electron chi connectivity index (χ1n) is 14.6. The third kappa shape index (κ3) is 7.68. The van der Waals surface area contributed by atoms with Gasteiger partial charge < -0.3 is 10.4 Å². The van der Waals surface area contributed by atoms with Crippen molar-refractivity contribution in [1.82, 2.24) is 4.90 Å². The molecule has 0 saturated heterocycles. The molecule has 3 aromatic carbocycles. The molecule has 0 aromatic heterocycles. The van der Waals surface area contributed by atoms with E-state index in [0.717, 1.165) is 67.6 Å². The summed E-state index contributed by atoms with van der Waals surface area (Å²) >= 11 is 0. The van der Waals surface area contributed by atoms with Gasteiger partial charge in [0.25, 0.3) is 10.0 Å². The van der Waals surface area contributed by atoms with Crippen LogP contribution in [0.25, 0.3) is 0 Å². The first-order chi connectivity index (χ1) is 20.1. The van der Waals surface area contributed by atoms with Gasteiger partial charge >= 0.3 is 0 Å². The molecule has 1 unspecified atom stereocenters. The number of fused-ring (bicyclic) bond motifs is 1. The van der Waals surface area contributed by atoms with Crippen LogP contribution in [-0.2, 0) is 35.1 Å². The molecule has 5 rings (SSSR count). The lowest BCUT2D eigenvalue weighted by Gasteiger charge is -2.29. The van der Waals surface area contributed by atoms with E-state index in [1.807, 2.05) is 30.3 Å². The van der Waals surface area contributed by atoms with E-state index in [1.165, 1.54) is 12.1 Å². The number of halogens is 1. The van der Waals surface area contributed by atoms with Gasteiger partial charge in [-0.3, -0.25) is 9.62 Å². The van der Waals surface area contributed by atoms with Gasteiger partial charge in [0, 0.05) is 31.9 Å². The van der Waals surface area contributed by atoms with Crippen LogP contribution in [0.4, 0.5) is 15.8 Å². The molecule has 1 heterocycles. The van der Waals surface area contributed by atoms with Crippen LogP contribution in [0.15, 0.2) is 89.9 Å². The summed E-state index contributed by atoms with van der Waals surface area (Å²) in [5.41, 5.74) is 3.80. The van der Waals surface area contributed by atoms with Crippen LogP contribution in [0.3, 0.4) is 0 Å². The lowest BCUT2D eigenvalue weighted by molar-refractivity contribution is 0.0785. The highest BCUT2D eigenvalue weighted by atomic mass is 32.2. The fourth-order valence-corrected chi connectivity index (χ4v) is 6.64. The summed E-state index contributed by atoms with van der Waals surface area (Å²) < 4.78 is 43.6. The number of hydrogen-bond acceptors (Lipinski definition) is 5. The maximum absolute atomic E-state index is 14.9. The molecule has 8 heteroatoms. The summed E-state index contributed by atoms with van der Waals surface area (Å²) in [6, 6.07) is 17.7. The number of hydrogen-bond donors (Lipinski definition) is 3. The Morgan fingerprint density at radius 2 is 1.83 bits per heavy atom. The Morgan fingerprint density at radius 3 is 2.55 bits per heavy atom. The molecule has 222 valence electrons. The summed E-state index contributed by atoms with van der Waals surface area (Å²) in [5, 5.41) is 13.4.